The highest BCUT2D eigenvalue weighted by molar-refractivity contribution is 6.04. The van der Waals surface area contributed by atoms with Gasteiger partial charge in [0.1, 0.15) is 11.9 Å². The van der Waals surface area contributed by atoms with Crippen molar-refractivity contribution in [1.29, 1.82) is 10.5 Å². The van der Waals surface area contributed by atoms with Gasteiger partial charge in [-0.3, -0.25) is 4.79 Å². The summed E-state index contributed by atoms with van der Waals surface area (Å²) in [6.45, 7) is 0. The van der Waals surface area contributed by atoms with Gasteiger partial charge in [-0.15, -0.1) is 0 Å². The number of esters is 1. The van der Waals surface area contributed by atoms with Crippen LogP contribution in [0.5, 0.6) is 0 Å². The van der Waals surface area contributed by atoms with Gasteiger partial charge >= 0.3 is 5.97 Å². The molecule has 0 saturated carbocycles. The van der Waals surface area contributed by atoms with Crippen molar-refractivity contribution in [3.05, 3.63) is 107 Å². The van der Waals surface area contributed by atoms with Crippen molar-refractivity contribution in [2.24, 2.45) is 5.41 Å². The molecule has 0 unspecified atom stereocenters. The van der Waals surface area contributed by atoms with Crippen molar-refractivity contribution in [2.75, 3.05) is 12.0 Å². The van der Waals surface area contributed by atoms with E-state index < -0.39 is 35.2 Å². The summed E-state index contributed by atoms with van der Waals surface area (Å²) in [6, 6.07) is 22.0. The van der Waals surface area contributed by atoms with Crippen LogP contribution in [0.25, 0.3) is 6.08 Å². The van der Waals surface area contributed by atoms with Crippen molar-refractivity contribution < 1.29 is 18.7 Å². The van der Waals surface area contributed by atoms with Gasteiger partial charge in [0.05, 0.1) is 30.9 Å². The minimum Gasteiger partial charge on any atom is -0.465 e. The quantitative estimate of drug-likeness (QED) is 0.392. The number of nitriles is 2. The van der Waals surface area contributed by atoms with E-state index >= 15 is 0 Å². The Labute approximate surface area is 207 Å². The molecule has 0 N–H and O–H groups in total. The first-order valence-electron chi connectivity index (χ1n) is 11.3. The number of benzene rings is 3. The Bertz CT molecular complexity index is 1450. The summed E-state index contributed by atoms with van der Waals surface area (Å²) >= 11 is 0. The van der Waals surface area contributed by atoms with Crippen LogP contribution in [0.2, 0.25) is 0 Å². The first-order chi connectivity index (χ1) is 17.4. The SMILES string of the molecule is COC(=O)c1ccc([C@@H]2[C@@H](C(=O)c3ccc(F)cc3)N3c4ccccc4C=C[C@@H]3C2(C#N)C#N)cc1. The summed E-state index contributed by atoms with van der Waals surface area (Å²) < 4.78 is 18.4. The van der Waals surface area contributed by atoms with Crippen LogP contribution < -0.4 is 4.90 Å². The molecule has 3 aromatic carbocycles. The molecule has 0 spiro atoms. The highest BCUT2D eigenvalue weighted by Gasteiger charge is 2.63. The van der Waals surface area contributed by atoms with Crippen LogP contribution in [-0.4, -0.2) is 30.9 Å². The van der Waals surface area contributed by atoms with Crippen molar-refractivity contribution in [2.45, 2.75) is 18.0 Å². The summed E-state index contributed by atoms with van der Waals surface area (Å²) in [5.74, 6) is -2.19. The molecule has 2 aliphatic rings. The number of halogens is 1. The number of carbonyl (C=O) groups is 2. The minimum absolute atomic E-state index is 0.273. The molecule has 2 heterocycles. The summed E-state index contributed by atoms with van der Waals surface area (Å²) in [4.78, 5) is 27.9. The second kappa shape index (κ2) is 8.79. The third kappa shape index (κ3) is 3.37. The van der Waals surface area contributed by atoms with Crippen LogP contribution in [0, 0.1) is 33.9 Å². The lowest BCUT2D eigenvalue weighted by atomic mass is 9.69. The first-order valence-corrected chi connectivity index (χ1v) is 11.3. The number of anilines is 1. The number of rotatable bonds is 4. The first kappa shape index (κ1) is 23.0. The Morgan fingerprint density at radius 3 is 2.22 bits per heavy atom. The zero-order chi connectivity index (χ0) is 25.4. The summed E-state index contributed by atoms with van der Waals surface area (Å²) in [6.07, 6.45) is 3.66. The lowest BCUT2D eigenvalue weighted by Crippen LogP contribution is -2.44. The highest BCUT2D eigenvalue weighted by atomic mass is 19.1. The molecular weight excluding hydrogens is 457 g/mol. The molecule has 6 nitrogen and oxygen atoms in total. The molecular formula is C29H20FN3O3. The Balaban J connectivity index is 1.74. The fraction of sp³-hybridized carbons (Fsp3) is 0.172. The Kier molecular flexibility index (Phi) is 5.62. The fourth-order valence-electron chi connectivity index (χ4n) is 5.34. The number of hydrogen-bond donors (Lipinski definition) is 0. The van der Waals surface area contributed by atoms with Crippen LogP contribution in [0.15, 0.2) is 78.9 Å². The molecule has 36 heavy (non-hydrogen) atoms. The van der Waals surface area contributed by atoms with Crippen LogP contribution >= 0.6 is 0 Å². The summed E-state index contributed by atoms with van der Waals surface area (Å²) in [5.41, 5.74) is 1.12. The number of fused-ring (bicyclic) bond motifs is 3. The van der Waals surface area contributed by atoms with Gasteiger partial charge in [0.15, 0.2) is 11.2 Å². The van der Waals surface area contributed by atoms with Crippen molar-refractivity contribution in [3.8, 4) is 12.1 Å². The lowest BCUT2D eigenvalue weighted by molar-refractivity contribution is 0.0600. The van der Waals surface area contributed by atoms with Crippen molar-refractivity contribution in [3.63, 3.8) is 0 Å². The highest BCUT2D eigenvalue weighted by Crippen LogP contribution is 2.55. The molecule has 1 saturated heterocycles. The smallest absolute Gasteiger partial charge is 0.337 e. The zero-order valence-electron chi connectivity index (χ0n) is 19.3. The van der Waals surface area contributed by atoms with E-state index in [9.17, 15) is 24.5 Å². The van der Waals surface area contributed by atoms with Crippen LogP contribution in [-0.2, 0) is 4.74 Å². The van der Waals surface area contributed by atoms with E-state index in [1.165, 1.54) is 31.4 Å². The number of carbonyl (C=O) groups excluding carboxylic acids is 2. The predicted octanol–water partition coefficient (Wildman–Crippen LogP) is 4.90. The van der Waals surface area contributed by atoms with Gasteiger partial charge in [-0.05, 0) is 53.6 Å². The average molecular weight is 477 g/mol. The number of hydrogen-bond acceptors (Lipinski definition) is 6. The number of nitrogens with zero attached hydrogens (tertiary/aromatic N) is 3. The summed E-state index contributed by atoms with van der Waals surface area (Å²) in [5, 5.41) is 20.9. The van der Waals surface area contributed by atoms with Gasteiger partial charge in [0.25, 0.3) is 0 Å². The van der Waals surface area contributed by atoms with Gasteiger partial charge < -0.3 is 9.64 Å². The van der Waals surface area contributed by atoms with Crippen molar-refractivity contribution >= 4 is 23.5 Å². The Morgan fingerprint density at radius 2 is 1.58 bits per heavy atom. The maximum atomic E-state index is 14.1. The second-order valence-corrected chi connectivity index (χ2v) is 8.77. The topological polar surface area (TPSA) is 94.2 Å². The fourth-order valence-corrected chi connectivity index (χ4v) is 5.34. The minimum atomic E-state index is -1.61. The molecule has 0 aromatic heterocycles. The van der Waals surface area contributed by atoms with Gasteiger partial charge in [-0.2, -0.15) is 10.5 Å². The molecule has 5 rings (SSSR count). The van der Waals surface area contributed by atoms with Crippen LogP contribution in [0.1, 0.15) is 37.8 Å². The molecule has 0 aliphatic carbocycles. The van der Waals surface area contributed by atoms with E-state index in [1.54, 1.807) is 30.3 Å². The van der Waals surface area contributed by atoms with E-state index in [0.717, 1.165) is 11.3 Å². The van der Waals surface area contributed by atoms with E-state index in [-0.39, 0.29) is 11.3 Å². The number of methoxy groups -OCH3 is 1. The van der Waals surface area contributed by atoms with E-state index in [4.69, 9.17) is 4.74 Å². The molecule has 0 bridgehead atoms. The Hall–Kier alpha value is -4.75. The number of para-hydroxylation sites is 1. The molecule has 2 aliphatic heterocycles. The monoisotopic (exact) mass is 477 g/mol. The van der Waals surface area contributed by atoms with Crippen LogP contribution in [0.4, 0.5) is 10.1 Å². The third-order valence-electron chi connectivity index (χ3n) is 7.00. The van der Waals surface area contributed by atoms with Gasteiger partial charge in [-0.1, -0.05) is 42.5 Å². The Morgan fingerprint density at radius 1 is 0.944 bits per heavy atom. The molecule has 1 fully saturated rings. The number of Topliss-reactive ketones (excluding diaryl/α,β-unsaturated/α-hetero) is 1. The van der Waals surface area contributed by atoms with E-state index in [0.29, 0.717) is 11.1 Å². The predicted molar refractivity (Wildman–Crippen MR) is 130 cm³/mol. The van der Waals surface area contributed by atoms with Gasteiger partial charge in [0, 0.05) is 17.2 Å². The average Bonchev–Trinajstić information content (AvgIpc) is 3.23. The van der Waals surface area contributed by atoms with E-state index in [2.05, 4.69) is 12.1 Å². The molecule has 3 atom stereocenters. The lowest BCUT2D eigenvalue weighted by Gasteiger charge is -2.35. The van der Waals surface area contributed by atoms with Crippen LogP contribution in [0.3, 0.4) is 0 Å². The summed E-state index contributed by atoms with van der Waals surface area (Å²) in [7, 11) is 1.28. The number of ether oxygens (including phenoxy) is 1. The standard InChI is InChI=1S/C29H20FN3O3/c1-36-28(35)21-8-6-19(7-9-21)25-26(27(34)20-10-13-22(30)14-11-20)33-23-5-3-2-4-18(23)12-15-24(33)29(25,16-31)17-32/h2-15,24-26H,1H3/t24-,25-,26+/m1/s1. The molecule has 0 amide bonds. The van der Waals surface area contributed by atoms with E-state index in [1.807, 2.05) is 35.2 Å². The zero-order valence-corrected chi connectivity index (χ0v) is 19.3. The van der Waals surface area contributed by atoms with Crippen molar-refractivity contribution in [1.82, 2.24) is 0 Å². The largest absolute Gasteiger partial charge is 0.465 e. The number of ketones is 1. The van der Waals surface area contributed by atoms with Gasteiger partial charge in [-0.25, -0.2) is 9.18 Å². The second-order valence-electron chi connectivity index (χ2n) is 8.77. The molecule has 7 heteroatoms. The third-order valence-corrected chi connectivity index (χ3v) is 7.00. The maximum Gasteiger partial charge on any atom is 0.337 e. The maximum absolute atomic E-state index is 14.1. The molecule has 176 valence electrons. The molecule has 0 radical (unpaired) electrons. The normalized spacial score (nSPS) is 21.0. The molecule has 3 aromatic rings. The van der Waals surface area contributed by atoms with Gasteiger partial charge in [0.2, 0.25) is 0 Å².